The largest absolute Gasteiger partial charge is 0.354 e. The van der Waals surface area contributed by atoms with E-state index >= 15 is 0 Å². The minimum atomic E-state index is -3.41. The van der Waals surface area contributed by atoms with Crippen molar-refractivity contribution in [1.82, 2.24) is 14.3 Å². The highest BCUT2D eigenvalue weighted by molar-refractivity contribution is 7.92. The highest BCUT2D eigenvalue weighted by atomic mass is 32.2. The zero-order valence-corrected chi connectivity index (χ0v) is 16.0. The van der Waals surface area contributed by atoms with Gasteiger partial charge in [-0.25, -0.2) is 26.8 Å². The molecule has 3 heterocycles. The minimum absolute atomic E-state index is 0.0557. The average Bonchev–Trinajstić information content (AvgIpc) is 3.50. The van der Waals surface area contributed by atoms with Gasteiger partial charge in [0.2, 0.25) is 16.0 Å². The van der Waals surface area contributed by atoms with Crippen molar-refractivity contribution in [3.05, 3.63) is 17.5 Å². The van der Waals surface area contributed by atoms with Crippen LogP contribution in [0.2, 0.25) is 0 Å². The van der Waals surface area contributed by atoms with Crippen LogP contribution in [0.1, 0.15) is 42.9 Å². The molecule has 2 saturated carbocycles. The molecule has 3 fully saturated rings. The molecule has 5 rings (SSSR count). The fourth-order valence-corrected chi connectivity index (χ4v) is 7.95. The van der Waals surface area contributed by atoms with Gasteiger partial charge in [-0.3, -0.25) is 0 Å². The van der Waals surface area contributed by atoms with Gasteiger partial charge in [0, 0.05) is 37.3 Å². The molecule has 26 heavy (non-hydrogen) atoms. The molecule has 0 unspecified atom stereocenters. The SMILES string of the molecule is O=S1(=O)Cc2cnc(NCC3CC3)nc2[C@@H]2CN(S(=O)(=O)C3CC3)C[C@@H]21. The van der Waals surface area contributed by atoms with Crippen LogP contribution in [0, 0.1) is 5.92 Å². The van der Waals surface area contributed by atoms with Crippen molar-refractivity contribution in [3.63, 3.8) is 0 Å². The molecule has 1 aromatic heterocycles. The number of nitrogens with one attached hydrogen (secondary N) is 1. The highest BCUT2D eigenvalue weighted by Crippen LogP contribution is 2.42. The Morgan fingerprint density at radius 3 is 2.65 bits per heavy atom. The number of aromatic nitrogens is 2. The number of rotatable bonds is 5. The number of fused-ring (bicyclic) bond motifs is 3. The molecular weight excluding hydrogens is 376 g/mol. The Kier molecular flexibility index (Phi) is 3.65. The first kappa shape index (κ1) is 16.9. The second kappa shape index (κ2) is 5.62. The lowest BCUT2D eigenvalue weighted by Crippen LogP contribution is -2.36. The monoisotopic (exact) mass is 398 g/mol. The zero-order chi connectivity index (χ0) is 18.1. The molecule has 8 nitrogen and oxygen atoms in total. The molecule has 1 aromatic rings. The van der Waals surface area contributed by atoms with Crippen molar-refractivity contribution in [3.8, 4) is 0 Å². The molecule has 142 valence electrons. The van der Waals surface area contributed by atoms with Crippen molar-refractivity contribution < 1.29 is 16.8 Å². The lowest BCUT2D eigenvalue weighted by atomic mass is 10.00. The topological polar surface area (TPSA) is 109 Å². The summed E-state index contributed by atoms with van der Waals surface area (Å²) in [5.74, 6) is 0.677. The normalized spacial score (nSPS) is 30.6. The summed E-state index contributed by atoms with van der Waals surface area (Å²) in [6, 6.07) is 0. The van der Waals surface area contributed by atoms with E-state index in [0.717, 1.165) is 6.54 Å². The Hall–Kier alpha value is -1.26. The first-order valence-electron chi connectivity index (χ1n) is 9.15. The van der Waals surface area contributed by atoms with Crippen LogP contribution in [0.4, 0.5) is 5.95 Å². The molecule has 1 N–H and O–H groups in total. The smallest absolute Gasteiger partial charge is 0.222 e. The van der Waals surface area contributed by atoms with Crippen LogP contribution < -0.4 is 5.32 Å². The van der Waals surface area contributed by atoms with E-state index in [0.29, 0.717) is 36.0 Å². The van der Waals surface area contributed by atoms with E-state index in [1.54, 1.807) is 6.20 Å². The van der Waals surface area contributed by atoms with Gasteiger partial charge in [-0.1, -0.05) is 0 Å². The first-order chi connectivity index (χ1) is 12.3. The number of sulfonamides is 1. The van der Waals surface area contributed by atoms with E-state index in [9.17, 15) is 16.8 Å². The van der Waals surface area contributed by atoms with E-state index in [1.165, 1.54) is 17.1 Å². The van der Waals surface area contributed by atoms with Crippen LogP contribution in [-0.2, 0) is 25.6 Å². The molecule has 0 aromatic carbocycles. The maximum Gasteiger partial charge on any atom is 0.222 e. The predicted octanol–water partition coefficient (Wildman–Crippen LogP) is 0.487. The second-order valence-electron chi connectivity index (χ2n) is 7.94. The zero-order valence-electron chi connectivity index (χ0n) is 14.3. The predicted molar refractivity (Wildman–Crippen MR) is 95.9 cm³/mol. The van der Waals surface area contributed by atoms with Crippen molar-refractivity contribution in [1.29, 1.82) is 0 Å². The molecule has 0 spiro atoms. The first-order valence-corrected chi connectivity index (χ1v) is 12.4. The molecule has 4 aliphatic rings. The Morgan fingerprint density at radius 1 is 1.19 bits per heavy atom. The number of sulfone groups is 1. The summed E-state index contributed by atoms with van der Waals surface area (Å²) in [6.07, 6.45) is 5.37. The van der Waals surface area contributed by atoms with Crippen LogP contribution in [0.15, 0.2) is 6.20 Å². The Balaban J connectivity index is 1.47. The van der Waals surface area contributed by atoms with Crippen molar-refractivity contribution in [2.75, 3.05) is 25.0 Å². The van der Waals surface area contributed by atoms with Gasteiger partial charge < -0.3 is 5.32 Å². The Bertz CT molecular complexity index is 954. The van der Waals surface area contributed by atoms with E-state index in [4.69, 9.17) is 0 Å². The molecule has 0 radical (unpaired) electrons. The van der Waals surface area contributed by atoms with E-state index < -0.39 is 31.0 Å². The summed E-state index contributed by atoms with van der Waals surface area (Å²) >= 11 is 0. The minimum Gasteiger partial charge on any atom is -0.354 e. The summed E-state index contributed by atoms with van der Waals surface area (Å²) in [7, 11) is -6.80. The Labute approximate surface area is 153 Å². The number of hydrogen-bond acceptors (Lipinski definition) is 7. The molecule has 1 saturated heterocycles. The molecule has 0 amide bonds. The third-order valence-electron chi connectivity index (χ3n) is 5.85. The van der Waals surface area contributed by atoms with Gasteiger partial charge in [-0.15, -0.1) is 0 Å². The fourth-order valence-electron chi connectivity index (χ4n) is 3.97. The fraction of sp³-hybridized carbons (Fsp3) is 0.750. The number of anilines is 1. The van der Waals surface area contributed by atoms with E-state index in [1.807, 2.05) is 0 Å². The average molecular weight is 399 g/mol. The number of hydrogen-bond donors (Lipinski definition) is 1. The van der Waals surface area contributed by atoms with Crippen molar-refractivity contribution in [2.24, 2.45) is 5.92 Å². The quantitative estimate of drug-likeness (QED) is 0.768. The molecule has 2 aliphatic carbocycles. The maximum absolute atomic E-state index is 12.7. The van der Waals surface area contributed by atoms with E-state index in [-0.39, 0.29) is 24.1 Å². The van der Waals surface area contributed by atoms with Gasteiger partial charge >= 0.3 is 0 Å². The van der Waals surface area contributed by atoms with Gasteiger partial charge in [0.25, 0.3) is 0 Å². The summed E-state index contributed by atoms with van der Waals surface area (Å²) in [5.41, 5.74) is 1.31. The van der Waals surface area contributed by atoms with Crippen LogP contribution in [-0.4, -0.2) is 61.2 Å². The third kappa shape index (κ3) is 2.82. The Morgan fingerprint density at radius 2 is 1.96 bits per heavy atom. The van der Waals surface area contributed by atoms with Crippen LogP contribution in [0.5, 0.6) is 0 Å². The standard InChI is InChI=1S/C16H22N4O4S2/c21-25(22)9-11-6-18-16(17-5-10-1-2-10)19-15(11)13-7-20(8-14(13)25)26(23,24)12-3-4-12/h6,10,12-14H,1-5,7-9H2,(H,17,18,19)/t13-,14+/m1/s1. The number of nitrogens with zero attached hydrogens (tertiary/aromatic N) is 3. The van der Waals surface area contributed by atoms with E-state index in [2.05, 4.69) is 15.3 Å². The molecule has 10 heteroatoms. The molecular formula is C16H22N4O4S2. The molecule has 0 bridgehead atoms. The summed E-state index contributed by atoms with van der Waals surface area (Å²) in [4.78, 5) is 8.85. The van der Waals surface area contributed by atoms with Crippen molar-refractivity contribution >= 4 is 25.8 Å². The summed E-state index contributed by atoms with van der Waals surface area (Å²) in [5, 5.41) is 2.20. The van der Waals surface area contributed by atoms with Gasteiger partial charge in [-0.2, -0.15) is 4.31 Å². The van der Waals surface area contributed by atoms with Gasteiger partial charge in [-0.05, 0) is 31.6 Å². The van der Waals surface area contributed by atoms with Gasteiger partial charge in [0.05, 0.1) is 21.9 Å². The second-order valence-corrected chi connectivity index (χ2v) is 12.4. The summed E-state index contributed by atoms with van der Waals surface area (Å²) in [6.45, 7) is 1.09. The van der Waals surface area contributed by atoms with Crippen LogP contribution in [0.3, 0.4) is 0 Å². The highest BCUT2D eigenvalue weighted by Gasteiger charge is 2.52. The van der Waals surface area contributed by atoms with Gasteiger partial charge in [0.1, 0.15) is 0 Å². The van der Waals surface area contributed by atoms with Gasteiger partial charge in [0.15, 0.2) is 9.84 Å². The van der Waals surface area contributed by atoms with Crippen molar-refractivity contribution in [2.45, 2.75) is 47.9 Å². The molecule has 2 aliphatic heterocycles. The summed E-state index contributed by atoms with van der Waals surface area (Å²) < 4.78 is 52.0. The third-order valence-corrected chi connectivity index (χ3v) is 10.3. The van der Waals surface area contributed by atoms with Crippen LogP contribution in [0.25, 0.3) is 0 Å². The lowest BCUT2D eigenvalue weighted by Gasteiger charge is -2.26. The maximum atomic E-state index is 12.7. The molecule has 2 atom stereocenters. The lowest BCUT2D eigenvalue weighted by molar-refractivity contribution is 0.471. The van der Waals surface area contributed by atoms with Crippen LogP contribution >= 0.6 is 0 Å².